The lowest BCUT2D eigenvalue weighted by molar-refractivity contribution is -0.123. The second-order valence-corrected chi connectivity index (χ2v) is 5.96. The Bertz CT molecular complexity index is 981. The average molecular weight is 391 g/mol. The third-order valence-electron chi connectivity index (χ3n) is 4.01. The van der Waals surface area contributed by atoms with Gasteiger partial charge < -0.3 is 9.64 Å². The number of anilines is 1. The minimum atomic E-state index is -4.71. The number of nitrogens with zero attached hydrogens (tertiary/aromatic N) is 3. The highest BCUT2D eigenvalue weighted by Gasteiger charge is 2.41. The number of rotatable bonds is 3. The Morgan fingerprint density at radius 2 is 1.86 bits per heavy atom. The summed E-state index contributed by atoms with van der Waals surface area (Å²) in [5, 5.41) is 9.22. The summed E-state index contributed by atoms with van der Waals surface area (Å²) in [5.74, 6) is -1.61. The van der Waals surface area contributed by atoms with Gasteiger partial charge in [-0.3, -0.25) is 9.69 Å². The molecular formula is C19H13F4N3O2. The molecule has 0 saturated carbocycles. The summed E-state index contributed by atoms with van der Waals surface area (Å²) in [4.78, 5) is 13.8. The van der Waals surface area contributed by atoms with E-state index in [9.17, 15) is 27.6 Å². The van der Waals surface area contributed by atoms with Gasteiger partial charge in [-0.1, -0.05) is 18.2 Å². The van der Waals surface area contributed by atoms with E-state index in [-0.39, 0.29) is 17.0 Å². The molecule has 1 aliphatic rings. The molecule has 0 aromatic heterocycles. The maximum Gasteiger partial charge on any atom is 0.431 e. The van der Waals surface area contributed by atoms with Crippen LogP contribution in [0.2, 0.25) is 0 Å². The first kappa shape index (κ1) is 19.2. The van der Waals surface area contributed by atoms with Gasteiger partial charge in [0.15, 0.2) is 0 Å². The quantitative estimate of drug-likeness (QED) is 0.737. The molecule has 28 heavy (non-hydrogen) atoms. The molecule has 0 N–H and O–H groups in total. The molecule has 0 spiro atoms. The number of allylic oxidation sites excluding steroid dienone is 1. The van der Waals surface area contributed by atoms with Crippen molar-refractivity contribution in [3.05, 3.63) is 65.6 Å². The van der Waals surface area contributed by atoms with E-state index >= 15 is 0 Å². The van der Waals surface area contributed by atoms with Crippen LogP contribution in [-0.4, -0.2) is 30.7 Å². The summed E-state index contributed by atoms with van der Waals surface area (Å²) >= 11 is 0. The van der Waals surface area contributed by atoms with Gasteiger partial charge in [0.05, 0.1) is 17.9 Å². The van der Waals surface area contributed by atoms with Crippen molar-refractivity contribution in [2.45, 2.75) is 6.18 Å². The van der Waals surface area contributed by atoms with Gasteiger partial charge in [0.2, 0.25) is 0 Å². The van der Waals surface area contributed by atoms with E-state index in [1.165, 1.54) is 0 Å². The Hall–Kier alpha value is -3.54. The molecule has 1 heterocycles. The second-order valence-electron chi connectivity index (χ2n) is 5.96. The number of halogens is 4. The fourth-order valence-electron chi connectivity index (χ4n) is 2.69. The number of carbonyl (C=O) groups is 1. The van der Waals surface area contributed by atoms with E-state index in [1.54, 1.807) is 36.4 Å². The predicted octanol–water partition coefficient (Wildman–Crippen LogP) is 4.17. The van der Waals surface area contributed by atoms with Crippen LogP contribution >= 0.6 is 0 Å². The zero-order chi connectivity index (χ0) is 20.5. The van der Waals surface area contributed by atoms with E-state index < -0.39 is 30.3 Å². The molecule has 2 aromatic carbocycles. The Balaban J connectivity index is 2.01. The number of nitriles is 1. The first-order chi connectivity index (χ1) is 13.2. The van der Waals surface area contributed by atoms with E-state index in [1.807, 2.05) is 0 Å². The zero-order valence-electron chi connectivity index (χ0n) is 14.5. The van der Waals surface area contributed by atoms with Crippen molar-refractivity contribution < 1.29 is 27.1 Å². The number of alkyl halides is 3. The maximum absolute atomic E-state index is 14.5. The van der Waals surface area contributed by atoms with Gasteiger partial charge in [-0.2, -0.15) is 18.4 Å². The lowest BCUT2D eigenvalue weighted by Gasteiger charge is -2.35. The van der Waals surface area contributed by atoms with Crippen molar-refractivity contribution in [2.24, 2.45) is 0 Å². The SMILES string of the molecule is CN1CN(c2cc(Oc3ccccc3)c(C#N)cc2F)C(=O)C=C1C(F)(F)F. The summed E-state index contributed by atoms with van der Waals surface area (Å²) in [6, 6.07) is 12.2. The van der Waals surface area contributed by atoms with E-state index in [0.29, 0.717) is 11.8 Å². The lowest BCUT2D eigenvalue weighted by atomic mass is 10.1. The number of para-hydroxylation sites is 1. The molecule has 1 amide bonds. The van der Waals surface area contributed by atoms with Gasteiger partial charge in [0, 0.05) is 19.2 Å². The highest BCUT2D eigenvalue weighted by Crippen LogP contribution is 2.35. The summed E-state index contributed by atoms with van der Waals surface area (Å²) in [6.45, 7) is -0.516. The van der Waals surface area contributed by atoms with Gasteiger partial charge in [-0.05, 0) is 18.2 Å². The van der Waals surface area contributed by atoms with Crippen molar-refractivity contribution in [1.29, 1.82) is 5.26 Å². The number of ether oxygens (including phenoxy) is 1. The molecule has 0 unspecified atom stereocenters. The minimum Gasteiger partial charge on any atom is -0.456 e. The fourth-order valence-corrected chi connectivity index (χ4v) is 2.69. The third-order valence-corrected chi connectivity index (χ3v) is 4.01. The van der Waals surface area contributed by atoms with Crippen LogP contribution in [0.5, 0.6) is 11.5 Å². The molecule has 0 atom stereocenters. The third kappa shape index (κ3) is 3.76. The topological polar surface area (TPSA) is 56.6 Å². The number of amides is 1. The van der Waals surface area contributed by atoms with Crippen LogP contribution in [0, 0.1) is 17.1 Å². The molecule has 0 aliphatic carbocycles. The highest BCUT2D eigenvalue weighted by atomic mass is 19.4. The van der Waals surface area contributed by atoms with Gasteiger partial charge in [0.1, 0.15) is 29.1 Å². The van der Waals surface area contributed by atoms with Crippen molar-refractivity contribution in [1.82, 2.24) is 4.90 Å². The van der Waals surface area contributed by atoms with Gasteiger partial charge in [-0.25, -0.2) is 4.39 Å². The number of hydrogen-bond donors (Lipinski definition) is 0. The maximum atomic E-state index is 14.5. The van der Waals surface area contributed by atoms with Crippen LogP contribution in [0.3, 0.4) is 0 Å². The minimum absolute atomic E-state index is 0.0221. The van der Waals surface area contributed by atoms with Crippen LogP contribution in [0.25, 0.3) is 0 Å². The first-order valence-electron chi connectivity index (χ1n) is 7.99. The van der Waals surface area contributed by atoms with Gasteiger partial charge in [0.25, 0.3) is 5.91 Å². The fraction of sp³-hybridized carbons (Fsp3) is 0.158. The molecule has 1 aliphatic heterocycles. The Labute approximate surface area is 157 Å². The molecule has 0 radical (unpaired) electrons. The van der Waals surface area contributed by atoms with Crippen molar-refractivity contribution in [3.8, 4) is 17.6 Å². The molecule has 3 rings (SSSR count). The molecule has 9 heteroatoms. The van der Waals surface area contributed by atoms with Gasteiger partial charge >= 0.3 is 6.18 Å². The van der Waals surface area contributed by atoms with Crippen molar-refractivity contribution in [3.63, 3.8) is 0 Å². The summed E-state index contributed by atoms with van der Waals surface area (Å²) in [6.07, 6.45) is -4.31. The highest BCUT2D eigenvalue weighted by molar-refractivity contribution is 6.03. The van der Waals surface area contributed by atoms with Crippen molar-refractivity contribution in [2.75, 3.05) is 18.6 Å². The first-order valence-corrected chi connectivity index (χ1v) is 7.99. The van der Waals surface area contributed by atoms with Crippen LogP contribution in [-0.2, 0) is 4.79 Å². The molecule has 144 valence electrons. The summed E-state index contributed by atoms with van der Waals surface area (Å²) < 4.78 is 59.0. The van der Waals surface area contributed by atoms with Crippen molar-refractivity contribution >= 4 is 11.6 Å². The monoisotopic (exact) mass is 391 g/mol. The zero-order valence-corrected chi connectivity index (χ0v) is 14.5. The van der Waals surface area contributed by atoms with Crippen LogP contribution < -0.4 is 9.64 Å². The molecule has 5 nitrogen and oxygen atoms in total. The molecule has 0 fully saturated rings. The summed E-state index contributed by atoms with van der Waals surface area (Å²) in [5.41, 5.74) is -1.53. The van der Waals surface area contributed by atoms with E-state index in [2.05, 4.69) is 0 Å². The standard InChI is InChI=1S/C19H13F4N3O2/c1-25-11-26(18(27)9-17(25)19(21,22)23)15-8-16(12(10-24)7-14(15)20)28-13-5-3-2-4-6-13/h2-9H,11H2,1H3. The molecule has 2 aromatic rings. The number of carbonyl (C=O) groups excluding carboxylic acids is 1. The van der Waals surface area contributed by atoms with Crippen LogP contribution in [0.15, 0.2) is 54.2 Å². The average Bonchev–Trinajstić information content (AvgIpc) is 2.64. The smallest absolute Gasteiger partial charge is 0.431 e. The number of benzene rings is 2. The Morgan fingerprint density at radius 3 is 2.46 bits per heavy atom. The normalized spacial score (nSPS) is 14.6. The molecule has 0 bridgehead atoms. The van der Waals surface area contributed by atoms with E-state index in [4.69, 9.17) is 4.74 Å². The predicted molar refractivity (Wildman–Crippen MR) is 91.9 cm³/mol. The number of hydrogen-bond acceptors (Lipinski definition) is 4. The van der Waals surface area contributed by atoms with E-state index in [0.717, 1.165) is 29.0 Å². The Morgan fingerprint density at radius 1 is 1.18 bits per heavy atom. The molecule has 0 saturated heterocycles. The van der Waals surface area contributed by atoms with Gasteiger partial charge in [-0.15, -0.1) is 0 Å². The van der Waals surface area contributed by atoms with Crippen LogP contribution in [0.1, 0.15) is 5.56 Å². The summed E-state index contributed by atoms with van der Waals surface area (Å²) in [7, 11) is 1.14. The second kappa shape index (κ2) is 7.23. The Kier molecular flexibility index (Phi) is 4.96. The lowest BCUT2D eigenvalue weighted by Crippen LogP contribution is -2.46. The van der Waals surface area contributed by atoms with Crippen LogP contribution in [0.4, 0.5) is 23.2 Å². The molecular weight excluding hydrogens is 378 g/mol. The largest absolute Gasteiger partial charge is 0.456 e.